The molecule has 0 amide bonds. The first-order valence-electron chi connectivity index (χ1n) is 7.03. The van der Waals surface area contributed by atoms with E-state index in [1.807, 2.05) is 20.2 Å². The number of hydrogen-bond acceptors (Lipinski definition) is 4. The molecule has 2 aromatic rings. The Morgan fingerprint density at radius 1 is 1.05 bits per heavy atom. The van der Waals surface area contributed by atoms with E-state index in [1.165, 1.54) is 5.69 Å². The lowest BCUT2D eigenvalue weighted by atomic mass is 10.1. The van der Waals surface area contributed by atoms with Gasteiger partial charge in [-0.15, -0.1) is 0 Å². The zero-order valence-electron chi connectivity index (χ0n) is 12.6. The highest BCUT2D eigenvalue weighted by molar-refractivity contribution is 5.65. The number of hydrogen-bond donors (Lipinski definition) is 1. The van der Waals surface area contributed by atoms with Crippen LogP contribution in [-0.4, -0.2) is 30.6 Å². The first kappa shape index (κ1) is 14.3. The first-order valence-corrected chi connectivity index (χ1v) is 7.03. The second-order valence-corrected chi connectivity index (χ2v) is 4.88. The van der Waals surface area contributed by atoms with Crippen molar-refractivity contribution in [3.05, 3.63) is 36.2 Å². The molecule has 0 aliphatic heterocycles. The Morgan fingerprint density at radius 3 is 2.30 bits per heavy atom. The van der Waals surface area contributed by atoms with Crippen molar-refractivity contribution in [1.29, 1.82) is 0 Å². The lowest BCUT2D eigenvalue weighted by Crippen LogP contribution is -2.08. The second-order valence-electron chi connectivity index (χ2n) is 4.88. The molecule has 1 aromatic heterocycles. The van der Waals surface area contributed by atoms with Gasteiger partial charge in [0.25, 0.3) is 0 Å². The zero-order valence-corrected chi connectivity index (χ0v) is 12.6. The van der Waals surface area contributed by atoms with Crippen LogP contribution in [0.5, 0.6) is 0 Å². The Morgan fingerprint density at radius 2 is 1.75 bits per heavy atom. The molecule has 0 aliphatic rings. The van der Waals surface area contributed by atoms with Gasteiger partial charge in [-0.05, 0) is 19.1 Å². The largest absolute Gasteiger partial charge is 0.378 e. The Bertz CT molecular complexity index is 561. The maximum atomic E-state index is 4.61. The number of rotatable bonds is 5. The number of benzene rings is 1. The summed E-state index contributed by atoms with van der Waals surface area (Å²) in [7, 11) is 4.08. The van der Waals surface area contributed by atoms with E-state index in [9.17, 15) is 0 Å². The van der Waals surface area contributed by atoms with E-state index in [4.69, 9.17) is 0 Å². The molecule has 0 aliphatic carbocycles. The van der Waals surface area contributed by atoms with E-state index in [1.54, 1.807) is 0 Å². The van der Waals surface area contributed by atoms with Crippen molar-refractivity contribution in [3.8, 4) is 11.3 Å². The summed E-state index contributed by atoms with van der Waals surface area (Å²) in [5, 5.41) is 3.26. The minimum atomic E-state index is 0.835. The van der Waals surface area contributed by atoms with Gasteiger partial charge in [0.1, 0.15) is 11.6 Å². The predicted molar refractivity (Wildman–Crippen MR) is 85.3 cm³/mol. The fraction of sp³-hybridized carbons (Fsp3) is 0.375. The van der Waals surface area contributed by atoms with Crippen LogP contribution in [0.1, 0.15) is 19.7 Å². The van der Waals surface area contributed by atoms with Crippen molar-refractivity contribution in [2.75, 3.05) is 30.9 Å². The van der Waals surface area contributed by atoms with Crippen LogP contribution in [-0.2, 0) is 6.42 Å². The standard InChI is InChI=1S/C16H22N4/c1-5-15-18-14(11-16(19-15)17-6-2)12-7-9-13(10-8-12)20(3)4/h7-11H,5-6H2,1-4H3,(H,17,18,19). The quantitative estimate of drug-likeness (QED) is 0.906. The Hall–Kier alpha value is -2.10. The molecule has 4 heteroatoms. The van der Waals surface area contributed by atoms with Gasteiger partial charge in [-0.3, -0.25) is 0 Å². The van der Waals surface area contributed by atoms with Gasteiger partial charge in [0.15, 0.2) is 0 Å². The average molecular weight is 270 g/mol. The van der Waals surface area contributed by atoms with Gasteiger partial charge in [-0.1, -0.05) is 19.1 Å². The number of aromatic nitrogens is 2. The highest BCUT2D eigenvalue weighted by Crippen LogP contribution is 2.23. The fourth-order valence-electron chi connectivity index (χ4n) is 2.01. The van der Waals surface area contributed by atoms with Crippen molar-refractivity contribution in [1.82, 2.24) is 9.97 Å². The molecule has 2 rings (SSSR count). The third kappa shape index (κ3) is 3.26. The summed E-state index contributed by atoms with van der Waals surface area (Å²) in [4.78, 5) is 11.2. The van der Waals surface area contributed by atoms with Crippen LogP contribution in [0, 0.1) is 0 Å². The van der Waals surface area contributed by atoms with Crippen LogP contribution in [0.4, 0.5) is 11.5 Å². The minimum Gasteiger partial charge on any atom is -0.378 e. The zero-order chi connectivity index (χ0) is 14.5. The van der Waals surface area contributed by atoms with Crippen molar-refractivity contribution >= 4 is 11.5 Å². The van der Waals surface area contributed by atoms with Crippen LogP contribution >= 0.6 is 0 Å². The Balaban J connectivity index is 2.37. The van der Waals surface area contributed by atoms with E-state index in [0.717, 1.165) is 35.9 Å². The molecule has 1 heterocycles. The average Bonchev–Trinajstić information content (AvgIpc) is 2.47. The molecule has 1 aromatic carbocycles. The van der Waals surface area contributed by atoms with Gasteiger partial charge in [0.2, 0.25) is 0 Å². The van der Waals surface area contributed by atoms with Crippen LogP contribution in [0.15, 0.2) is 30.3 Å². The molecule has 0 radical (unpaired) electrons. The lowest BCUT2D eigenvalue weighted by molar-refractivity contribution is 0.939. The van der Waals surface area contributed by atoms with Gasteiger partial charge >= 0.3 is 0 Å². The summed E-state index contributed by atoms with van der Waals surface area (Å²) in [6, 6.07) is 10.4. The van der Waals surface area contributed by atoms with E-state index < -0.39 is 0 Å². The second kappa shape index (κ2) is 6.37. The molecule has 0 saturated heterocycles. The molecule has 0 bridgehead atoms. The highest BCUT2D eigenvalue weighted by Gasteiger charge is 2.06. The number of aryl methyl sites for hydroxylation is 1. The molecule has 106 valence electrons. The molecule has 4 nitrogen and oxygen atoms in total. The smallest absolute Gasteiger partial charge is 0.131 e. The molecule has 0 spiro atoms. The van der Waals surface area contributed by atoms with Crippen molar-refractivity contribution in [2.45, 2.75) is 20.3 Å². The van der Waals surface area contributed by atoms with Crippen molar-refractivity contribution in [3.63, 3.8) is 0 Å². The monoisotopic (exact) mass is 270 g/mol. The SMILES string of the molecule is CCNc1cc(-c2ccc(N(C)C)cc2)nc(CC)n1. The summed E-state index contributed by atoms with van der Waals surface area (Å²) in [5.74, 6) is 1.76. The maximum absolute atomic E-state index is 4.61. The molecular formula is C16H22N4. The lowest BCUT2D eigenvalue weighted by Gasteiger charge is -2.13. The van der Waals surface area contributed by atoms with E-state index in [0.29, 0.717) is 0 Å². The van der Waals surface area contributed by atoms with Gasteiger partial charge in [-0.2, -0.15) is 0 Å². The van der Waals surface area contributed by atoms with Crippen LogP contribution in [0.3, 0.4) is 0 Å². The fourth-order valence-corrected chi connectivity index (χ4v) is 2.01. The van der Waals surface area contributed by atoms with Crippen molar-refractivity contribution < 1.29 is 0 Å². The van der Waals surface area contributed by atoms with Crippen LogP contribution in [0.25, 0.3) is 11.3 Å². The third-order valence-corrected chi connectivity index (χ3v) is 3.13. The molecule has 0 saturated carbocycles. The topological polar surface area (TPSA) is 41.0 Å². The molecular weight excluding hydrogens is 248 g/mol. The normalized spacial score (nSPS) is 10.4. The van der Waals surface area contributed by atoms with Crippen LogP contribution in [0.2, 0.25) is 0 Å². The van der Waals surface area contributed by atoms with Gasteiger partial charge < -0.3 is 10.2 Å². The summed E-state index contributed by atoms with van der Waals surface area (Å²) in [5.41, 5.74) is 3.27. The highest BCUT2D eigenvalue weighted by atomic mass is 15.1. The molecule has 0 atom stereocenters. The Labute approximate surface area is 120 Å². The first-order chi connectivity index (χ1) is 9.63. The van der Waals surface area contributed by atoms with Gasteiger partial charge in [0, 0.05) is 44.4 Å². The molecule has 20 heavy (non-hydrogen) atoms. The summed E-state index contributed by atoms with van der Waals surface area (Å²) < 4.78 is 0. The van der Waals surface area contributed by atoms with Crippen molar-refractivity contribution in [2.24, 2.45) is 0 Å². The van der Waals surface area contributed by atoms with Gasteiger partial charge in [-0.25, -0.2) is 9.97 Å². The maximum Gasteiger partial charge on any atom is 0.131 e. The Kier molecular flexibility index (Phi) is 4.56. The van der Waals surface area contributed by atoms with Crippen LogP contribution < -0.4 is 10.2 Å². The number of nitrogens with zero attached hydrogens (tertiary/aromatic N) is 3. The number of nitrogens with one attached hydrogen (secondary N) is 1. The van der Waals surface area contributed by atoms with E-state index in [-0.39, 0.29) is 0 Å². The predicted octanol–water partition coefficient (Wildman–Crippen LogP) is 3.20. The summed E-state index contributed by atoms with van der Waals surface area (Å²) in [6.07, 6.45) is 0.835. The summed E-state index contributed by atoms with van der Waals surface area (Å²) >= 11 is 0. The summed E-state index contributed by atoms with van der Waals surface area (Å²) in [6.45, 7) is 5.00. The van der Waals surface area contributed by atoms with E-state index in [2.05, 4.69) is 58.3 Å². The van der Waals surface area contributed by atoms with Gasteiger partial charge in [0.05, 0.1) is 5.69 Å². The minimum absolute atomic E-state index is 0.835. The van der Waals surface area contributed by atoms with E-state index >= 15 is 0 Å². The third-order valence-electron chi connectivity index (χ3n) is 3.13. The molecule has 0 unspecified atom stereocenters. The molecule has 1 N–H and O–H groups in total. The number of anilines is 2. The molecule has 0 fully saturated rings.